The standard InChI is InChI=1S/C18H24N2O3/c1-20(15-7-5-3-4-6-8-15)18(21)13-23-16-10-9-14(12-19)11-17(16)22-2/h9-11,15H,3-8,13H2,1-2H3. The van der Waals surface area contributed by atoms with E-state index < -0.39 is 0 Å². The Balaban J connectivity index is 1.94. The summed E-state index contributed by atoms with van der Waals surface area (Å²) in [5.74, 6) is 0.923. The molecule has 0 saturated heterocycles. The van der Waals surface area contributed by atoms with Crippen LogP contribution < -0.4 is 9.47 Å². The van der Waals surface area contributed by atoms with Crippen molar-refractivity contribution in [2.24, 2.45) is 0 Å². The van der Waals surface area contributed by atoms with E-state index in [4.69, 9.17) is 14.7 Å². The fourth-order valence-electron chi connectivity index (χ4n) is 2.95. The van der Waals surface area contributed by atoms with Gasteiger partial charge in [-0.1, -0.05) is 25.7 Å². The van der Waals surface area contributed by atoms with E-state index in [1.165, 1.54) is 32.8 Å². The number of nitrogens with zero attached hydrogens (tertiary/aromatic N) is 2. The topological polar surface area (TPSA) is 62.6 Å². The lowest BCUT2D eigenvalue weighted by atomic mass is 10.1. The van der Waals surface area contributed by atoms with Crippen LogP contribution in [-0.2, 0) is 4.79 Å². The SMILES string of the molecule is COc1cc(C#N)ccc1OCC(=O)N(C)C1CCCCCC1. The van der Waals surface area contributed by atoms with Crippen LogP contribution in [0, 0.1) is 11.3 Å². The van der Waals surface area contributed by atoms with Crippen LogP contribution in [0.25, 0.3) is 0 Å². The van der Waals surface area contributed by atoms with Crippen LogP contribution in [0.1, 0.15) is 44.1 Å². The maximum absolute atomic E-state index is 12.4. The van der Waals surface area contributed by atoms with Crippen molar-refractivity contribution in [3.63, 3.8) is 0 Å². The molecule has 5 nitrogen and oxygen atoms in total. The molecule has 0 atom stereocenters. The van der Waals surface area contributed by atoms with Crippen LogP contribution in [0.5, 0.6) is 11.5 Å². The van der Waals surface area contributed by atoms with Crippen molar-refractivity contribution >= 4 is 5.91 Å². The first-order chi connectivity index (χ1) is 11.2. The fraction of sp³-hybridized carbons (Fsp3) is 0.556. The fourth-order valence-corrected chi connectivity index (χ4v) is 2.95. The highest BCUT2D eigenvalue weighted by Crippen LogP contribution is 2.28. The molecule has 0 radical (unpaired) electrons. The van der Waals surface area contributed by atoms with Gasteiger partial charge in [0, 0.05) is 19.2 Å². The Hall–Kier alpha value is -2.22. The number of rotatable bonds is 5. The van der Waals surface area contributed by atoms with Gasteiger partial charge >= 0.3 is 0 Å². The first-order valence-electron chi connectivity index (χ1n) is 8.12. The van der Waals surface area contributed by atoms with Crippen molar-refractivity contribution in [3.05, 3.63) is 23.8 Å². The molecule has 0 spiro atoms. The number of hydrogen-bond donors (Lipinski definition) is 0. The smallest absolute Gasteiger partial charge is 0.260 e. The average molecular weight is 316 g/mol. The van der Waals surface area contributed by atoms with Crippen molar-refractivity contribution in [1.82, 2.24) is 4.90 Å². The maximum Gasteiger partial charge on any atom is 0.260 e. The third-order valence-corrected chi connectivity index (χ3v) is 4.41. The Bertz CT molecular complexity index is 572. The Kier molecular flexibility index (Phi) is 6.28. The zero-order valence-electron chi connectivity index (χ0n) is 13.9. The number of likely N-dealkylation sites (N-methyl/N-ethyl adjacent to an activating group) is 1. The molecule has 5 heteroatoms. The molecule has 1 amide bonds. The summed E-state index contributed by atoms with van der Waals surface area (Å²) in [6.07, 6.45) is 7.04. The van der Waals surface area contributed by atoms with Gasteiger partial charge in [0.15, 0.2) is 18.1 Å². The predicted octanol–water partition coefficient (Wildman–Crippen LogP) is 3.13. The molecule has 1 aliphatic carbocycles. The second kappa shape index (κ2) is 8.42. The van der Waals surface area contributed by atoms with Crippen LogP contribution in [0.2, 0.25) is 0 Å². The van der Waals surface area contributed by atoms with E-state index in [1.807, 2.05) is 11.9 Å². The molecular weight excluding hydrogens is 292 g/mol. The zero-order valence-corrected chi connectivity index (χ0v) is 13.9. The Morgan fingerprint density at radius 2 is 1.96 bits per heavy atom. The van der Waals surface area contributed by atoms with E-state index in [1.54, 1.807) is 18.2 Å². The van der Waals surface area contributed by atoms with Crippen molar-refractivity contribution in [3.8, 4) is 17.6 Å². The quantitative estimate of drug-likeness (QED) is 0.783. The van der Waals surface area contributed by atoms with Crippen molar-refractivity contribution in [2.75, 3.05) is 20.8 Å². The maximum atomic E-state index is 12.4. The number of carbonyl (C=O) groups excluding carboxylic acids is 1. The van der Waals surface area contributed by atoms with Crippen molar-refractivity contribution in [1.29, 1.82) is 5.26 Å². The first-order valence-corrected chi connectivity index (χ1v) is 8.12. The van der Waals surface area contributed by atoms with Gasteiger partial charge in [-0.25, -0.2) is 0 Å². The summed E-state index contributed by atoms with van der Waals surface area (Å²) < 4.78 is 10.8. The van der Waals surface area contributed by atoms with Gasteiger partial charge in [-0.3, -0.25) is 4.79 Å². The first kappa shape index (κ1) is 17.1. The highest BCUT2D eigenvalue weighted by molar-refractivity contribution is 5.78. The third kappa shape index (κ3) is 4.62. The lowest BCUT2D eigenvalue weighted by Gasteiger charge is -2.27. The lowest BCUT2D eigenvalue weighted by molar-refractivity contribution is -0.134. The van der Waals surface area contributed by atoms with Gasteiger partial charge in [0.2, 0.25) is 0 Å². The van der Waals surface area contributed by atoms with Gasteiger partial charge in [-0.05, 0) is 25.0 Å². The highest BCUT2D eigenvalue weighted by Gasteiger charge is 2.21. The van der Waals surface area contributed by atoms with E-state index in [9.17, 15) is 4.79 Å². The number of nitriles is 1. The van der Waals surface area contributed by atoms with E-state index in [0.717, 1.165) is 12.8 Å². The molecule has 1 aromatic rings. The van der Waals surface area contributed by atoms with Gasteiger partial charge in [-0.15, -0.1) is 0 Å². The summed E-state index contributed by atoms with van der Waals surface area (Å²) in [6.45, 7) is -0.0186. The number of carbonyl (C=O) groups is 1. The Morgan fingerprint density at radius 3 is 2.57 bits per heavy atom. The van der Waals surface area contributed by atoms with Crippen LogP contribution in [-0.4, -0.2) is 37.6 Å². The molecule has 2 rings (SSSR count). The average Bonchev–Trinajstić information content (AvgIpc) is 2.88. The summed E-state index contributed by atoms with van der Waals surface area (Å²) in [4.78, 5) is 14.2. The Morgan fingerprint density at radius 1 is 1.26 bits per heavy atom. The van der Waals surface area contributed by atoms with Crippen LogP contribution in [0.4, 0.5) is 0 Å². The highest BCUT2D eigenvalue weighted by atomic mass is 16.5. The summed E-state index contributed by atoms with van der Waals surface area (Å²) in [5.41, 5.74) is 0.496. The predicted molar refractivity (Wildman–Crippen MR) is 87.5 cm³/mol. The van der Waals surface area contributed by atoms with Gasteiger partial charge in [-0.2, -0.15) is 5.26 Å². The monoisotopic (exact) mass is 316 g/mol. The third-order valence-electron chi connectivity index (χ3n) is 4.41. The summed E-state index contributed by atoms with van der Waals surface area (Å²) in [7, 11) is 3.38. The summed E-state index contributed by atoms with van der Waals surface area (Å²) in [5, 5.41) is 8.90. The van der Waals surface area contributed by atoms with Gasteiger partial charge in [0.1, 0.15) is 0 Å². The molecule has 0 heterocycles. The van der Waals surface area contributed by atoms with Crippen molar-refractivity contribution < 1.29 is 14.3 Å². The molecule has 23 heavy (non-hydrogen) atoms. The number of hydrogen-bond acceptors (Lipinski definition) is 4. The second-order valence-corrected chi connectivity index (χ2v) is 5.92. The molecule has 1 aliphatic rings. The molecular formula is C18H24N2O3. The minimum atomic E-state index is -0.0247. The minimum absolute atomic E-state index is 0.0186. The molecule has 1 fully saturated rings. The van der Waals surface area contributed by atoms with Gasteiger partial charge < -0.3 is 14.4 Å². The Labute approximate surface area is 137 Å². The normalized spacial score (nSPS) is 15.3. The van der Waals surface area contributed by atoms with Crippen LogP contribution in [0.3, 0.4) is 0 Å². The summed E-state index contributed by atoms with van der Waals surface area (Å²) in [6, 6.07) is 7.29. The largest absolute Gasteiger partial charge is 0.493 e. The van der Waals surface area contributed by atoms with E-state index >= 15 is 0 Å². The van der Waals surface area contributed by atoms with E-state index in [-0.39, 0.29) is 12.5 Å². The van der Waals surface area contributed by atoms with E-state index in [0.29, 0.717) is 23.1 Å². The zero-order chi connectivity index (χ0) is 16.7. The molecule has 0 N–H and O–H groups in total. The second-order valence-electron chi connectivity index (χ2n) is 5.92. The number of amides is 1. The van der Waals surface area contributed by atoms with Crippen LogP contribution in [0.15, 0.2) is 18.2 Å². The lowest BCUT2D eigenvalue weighted by Crippen LogP contribution is -2.39. The number of ether oxygens (including phenoxy) is 2. The number of benzene rings is 1. The van der Waals surface area contributed by atoms with Gasteiger partial charge in [0.25, 0.3) is 5.91 Å². The molecule has 0 unspecified atom stereocenters. The molecule has 0 aromatic heterocycles. The molecule has 0 aliphatic heterocycles. The number of methoxy groups -OCH3 is 1. The van der Waals surface area contributed by atoms with Gasteiger partial charge in [0.05, 0.1) is 18.7 Å². The molecule has 124 valence electrons. The molecule has 1 aromatic carbocycles. The molecule has 1 saturated carbocycles. The molecule has 0 bridgehead atoms. The van der Waals surface area contributed by atoms with Crippen LogP contribution >= 0.6 is 0 Å². The van der Waals surface area contributed by atoms with E-state index in [2.05, 4.69) is 6.07 Å². The minimum Gasteiger partial charge on any atom is -0.493 e. The van der Waals surface area contributed by atoms with Crippen molar-refractivity contribution in [2.45, 2.75) is 44.6 Å². The summed E-state index contributed by atoms with van der Waals surface area (Å²) >= 11 is 0.